The Bertz CT molecular complexity index is 479. The summed E-state index contributed by atoms with van der Waals surface area (Å²) >= 11 is 12.8. The molecule has 1 nitrogen and oxygen atoms in total. The van der Waals surface area contributed by atoms with Crippen LogP contribution in [0.5, 0.6) is 5.75 Å². The molecule has 0 aliphatic heterocycles. The van der Waals surface area contributed by atoms with Crippen molar-refractivity contribution < 1.29 is 4.74 Å². The third-order valence-electron chi connectivity index (χ3n) is 4.84. The van der Waals surface area contributed by atoms with Gasteiger partial charge in [0.25, 0.3) is 0 Å². The molecule has 1 aliphatic rings. The second kappa shape index (κ2) is 6.79. The predicted molar refractivity (Wildman–Crippen MR) is 91.6 cm³/mol. The van der Waals surface area contributed by atoms with Crippen molar-refractivity contribution >= 4 is 23.2 Å². The maximum absolute atomic E-state index is 6.61. The van der Waals surface area contributed by atoms with E-state index in [1.54, 1.807) is 7.11 Å². The van der Waals surface area contributed by atoms with Gasteiger partial charge in [0, 0.05) is 10.4 Å². The maximum Gasteiger partial charge on any atom is 0.122 e. The highest BCUT2D eigenvalue weighted by molar-refractivity contribution is 6.30. The lowest BCUT2D eigenvalue weighted by atomic mass is 9.68. The normalized spacial score (nSPS) is 26.7. The molecule has 0 bridgehead atoms. The number of hydrogen-bond donors (Lipinski definition) is 0. The number of methoxy groups -OCH3 is 1. The number of hydrogen-bond acceptors (Lipinski definition) is 1. The molecule has 3 heteroatoms. The summed E-state index contributed by atoms with van der Waals surface area (Å²) in [5, 5.41) is 1.02. The van der Waals surface area contributed by atoms with Crippen LogP contribution in [0.25, 0.3) is 0 Å². The van der Waals surface area contributed by atoms with Gasteiger partial charge in [-0.15, -0.1) is 11.6 Å². The molecule has 2 rings (SSSR count). The summed E-state index contributed by atoms with van der Waals surface area (Å²) in [6.45, 7) is 7.01. The summed E-state index contributed by atoms with van der Waals surface area (Å²) in [4.78, 5) is 0. The van der Waals surface area contributed by atoms with E-state index in [0.29, 0.717) is 11.3 Å². The van der Waals surface area contributed by atoms with Gasteiger partial charge in [-0.05, 0) is 66.7 Å². The topological polar surface area (TPSA) is 9.23 Å². The van der Waals surface area contributed by atoms with Crippen molar-refractivity contribution in [1.29, 1.82) is 0 Å². The molecule has 0 radical (unpaired) electrons. The molecule has 1 aromatic carbocycles. The largest absolute Gasteiger partial charge is 0.496 e. The Kier molecular flexibility index (Phi) is 5.48. The second-order valence-corrected chi connectivity index (χ2v) is 8.31. The van der Waals surface area contributed by atoms with E-state index in [1.165, 1.54) is 18.4 Å². The second-order valence-electron chi connectivity index (χ2n) is 7.31. The fourth-order valence-electron chi connectivity index (χ4n) is 3.41. The van der Waals surface area contributed by atoms with Crippen LogP contribution in [-0.4, -0.2) is 12.5 Å². The standard InChI is InChI=1S/C18H26Cl2O/c1-18(2,3)14-5-7-16(20)12(10-14)9-13-11-15(19)6-8-17(13)21-4/h6,8,11-12,14,16H,5,7,9-10H2,1-4H3. The van der Waals surface area contributed by atoms with Gasteiger partial charge in [-0.3, -0.25) is 0 Å². The maximum atomic E-state index is 6.61. The van der Waals surface area contributed by atoms with Crippen LogP contribution in [0.15, 0.2) is 18.2 Å². The highest BCUT2D eigenvalue weighted by atomic mass is 35.5. The van der Waals surface area contributed by atoms with Crippen LogP contribution in [0.1, 0.15) is 45.6 Å². The van der Waals surface area contributed by atoms with Crippen LogP contribution in [0.4, 0.5) is 0 Å². The highest BCUT2D eigenvalue weighted by Gasteiger charge is 2.35. The highest BCUT2D eigenvalue weighted by Crippen LogP contribution is 2.43. The molecule has 3 unspecified atom stereocenters. The molecular weight excluding hydrogens is 303 g/mol. The SMILES string of the molecule is COc1ccc(Cl)cc1CC1CC(C(C)(C)C)CCC1Cl. The van der Waals surface area contributed by atoms with Crippen LogP contribution in [-0.2, 0) is 6.42 Å². The van der Waals surface area contributed by atoms with Crippen molar-refractivity contribution in [2.24, 2.45) is 17.3 Å². The van der Waals surface area contributed by atoms with Crippen molar-refractivity contribution in [1.82, 2.24) is 0 Å². The average molecular weight is 329 g/mol. The van der Waals surface area contributed by atoms with Gasteiger partial charge in [0.1, 0.15) is 5.75 Å². The van der Waals surface area contributed by atoms with Gasteiger partial charge in [-0.1, -0.05) is 32.4 Å². The van der Waals surface area contributed by atoms with E-state index in [9.17, 15) is 0 Å². The Morgan fingerprint density at radius 3 is 2.57 bits per heavy atom. The molecule has 118 valence electrons. The molecule has 1 fully saturated rings. The third kappa shape index (κ3) is 4.29. The van der Waals surface area contributed by atoms with Crippen molar-refractivity contribution in [3.05, 3.63) is 28.8 Å². The quantitative estimate of drug-likeness (QED) is 0.622. The minimum Gasteiger partial charge on any atom is -0.496 e. The molecule has 1 saturated carbocycles. The number of rotatable bonds is 3. The van der Waals surface area contributed by atoms with Crippen LogP contribution < -0.4 is 4.74 Å². The molecule has 0 spiro atoms. The van der Waals surface area contributed by atoms with Gasteiger partial charge in [0.15, 0.2) is 0 Å². The van der Waals surface area contributed by atoms with E-state index in [2.05, 4.69) is 20.8 Å². The Labute approximate surface area is 139 Å². The summed E-state index contributed by atoms with van der Waals surface area (Å²) in [6.07, 6.45) is 4.48. The number of benzene rings is 1. The molecule has 0 aromatic heterocycles. The number of ether oxygens (including phenoxy) is 1. The van der Waals surface area contributed by atoms with Crippen molar-refractivity contribution in [2.75, 3.05) is 7.11 Å². The van der Waals surface area contributed by atoms with E-state index >= 15 is 0 Å². The summed E-state index contributed by atoms with van der Waals surface area (Å²) < 4.78 is 5.47. The van der Waals surface area contributed by atoms with Crippen LogP contribution in [0, 0.1) is 17.3 Å². The van der Waals surface area contributed by atoms with Gasteiger partial charge >= 0.3 is 0 Å². The summed E-state index contributed by atoms with van der Waals surface area (Å²) in [5.74, 6) is 2.15. The Morgan fingerprint density at radius 1 is 1.24 bits per heavy atom. The molecular formula is C18H26Cl2O. The minimum atomic E-state index is 0.257. The van der Waals surface area contributed by atoms with Gasteiger partial charge < -0.3 is 4.74 Å². The van der Waals surface area contributed by atoms with E-state index in [0.717, 1.165) is 29.5 Å². The zero-order chi connectivity index (χ0) is 15.6. The monoisotopic (exact) mass is 328 g/mol. The molecule has 0 N–H and O–H groups in total. The average Bonchev–Trinajstić information content (AvgIpc) is 2.40. The van der Waals surface area contributed by atoms with Crippen LogP contribution in [0.2, 0.25) is 5.02 Å². The van der Waals surface area contributed by atoms with E-state index in [1.807, 2.05) is 18.2 Å². The van der Waals surface area contributed by atoms with Gasteiger partial charge in [-0.25, -0.2) is 0 Å². The number of alkyl halides is 1. The van der Waals surface area contributed by atoms with Crippen LogP contribution >= 0.6 is 23.2 Å². The van der Waals surface area contributed by atoms with Gasteiger partial charge in [0.05, 0.1) is 7.11 Å². The first kappa shape index (κ1) is 17.0. The first-order valence-corrected chi connectivity index (χ1v) is 8.59. The smallest absolute Gasteiger partial charge is 0.122 e. The summed E-state index contributed by atoms with van der Waals surface area (Å²) in [7, 11) is 1.71. The van der Waals surface area contributed by atoms with Gasteiger partial charge in [0.2, 0.25) is 0 Å². The lowest BCUT2D eigenvalue weighted by Gasteiger charge is -2.40. The molecule has 1 aliphatic carbocycles. The zero-order valence-electron chi connectivity index (χ0n) is 13.5. The molecule has 3 atom stereocenters. The summed E-state index contributed by atoms with van der Waals surface area (Å²) in [5.41, 5.74) is 1.53. The molecule has 21 heavy (non-hydrogen) atoms. The molecule has 0 heterocycles. The molecule has 1 aromatic rings. The number of halogens is 2. The first-order chi connectivity index (χ1) is 9.81. The summed E-state index contributed by atoms with van der Waals surface area (Å²) in [6, 6.07) is 5.84. The predicted octanol–water partition coefficient (Wildman–Crippen LogP) is 5.96. The zero-order valence-corrected chi connectivity index (χ0v) is 15.0. The fraction of sp³-hybridized carbons (Fsp3) is 0.667. The molecule has 0 saturated heterocycles. The van der Waals surface area contributed by atoms with E-state index < -0.39 is 0 Å². The lowest BCUT2D eigenvalue weighted by molar-refractivity contribution is 0.143. The van der Waals surface area contributed by atoms with E-state index in [-0.39, 0.29) is 5.38 Å². The molecule has 0 amide bonds. The first-order valence-electron chi connectivity index (χ1n) is 7.77. The Balaban J connectivity index is 2.15. The van der Waals surface area contributed by atoms with Crippen molar-refractivity contribution in [3.63, 3.8) is 0 Å². The van der Waals surface area contributed by atoms with Crippen LogP contribution in [0.3, 0.4) is 0 Å². The van der Waals surface area contributed by atoms with Gasteiger partial charge in [-0.2, -0.15) is 0 Å². The minimum absolute atomic E-state index is 0.257. The fourth-order valence-corrected chi connectivity index (χ4v) is 3.93. The van der Waals surface area contributed by atoms with Crippen molar-refractivity contribution in [3.8, 4) is 5.75 Å². The van der Waals surface area contributed by atoms with E-state index in [4.69, 9.17) is 27.9 Å². The Hall–Kier alpha value is -0.400. The van der Waals surface area contributed by atoms with Crippen molar-refractivity contribution in [2.45, 2.75) is 51.8 Å². The third-order valence-corrected chi connectivity index (χ3v) is 5.65. The Morgan fingerprint density at radius 2 is 1.95 bits per heavy atom. The lowest BCUT2D eigenvalue weighted by Crippen LogP contribution is -2.33.